The van der Waals surface area contributed by atoms with Crippen molar-refractivity contribution in [1.82, 2.24) is 0 Å². The van der Waals surface area contributed by atoms with Gasteiger partial charge in [0.25, 0.3) is 0 Å². The van der Waals surface area contributed by atoms with Gasteiger partial charge < -0.3 is 12.9 Å². The van der Waals surface area contributed by atoms with Gasteiger partial charge in [-0.25, -0.2) is 0 Å². The van der Waals surface area contributed by atoms with Crippen LogP contribution in [0.3, 0.4) is 0 Å². The predicted octanol–water partition coefficient (Wildman–Crippen LogP) is 2.48. The van der Waals surface area contributed by atoms with E-state index in [9.17, 15) is 12.9 Å². The van der Waals surface area contributed by atoms with Crippen molar-refractivity contribution in [2.75, 3.05) is 0 Å². The highest BCUT2D eigenvalue weighted by atomic mass is 19.4. The molecular weight excluding hydrogens is 154 g/mol. The summed E-state index contributed by atoms with van der Waals surface area (Å²) < 4.78 is 35.1. The fraction of sp³-hybridized carbons (Fsp3) is 0.500. The molecule has 0 aromatic rings. The Hall–Kier alpha value is -0.915. The van der Waals surface area contributed by atoms with Crippen molar-refractivity contribution in [2.24, 2.45) is 5.92 Å². The van der Waals surface area contributed by atoms with E-state index >= 15 is 0 Å². The van der Waals surface area contributed by atoms with Crippen molar-refractivity contribution in [2.45, 2.75) is 13.8 Å². The molecule has 0 aliphatic carbocycles. The smallest absolute Gasteiger partial charge is 0.445 e. The van der Waals surface area contributed by atoms with E-state index in [0.29, 0.717) is 0 Å². The maximum atomic E-state index is 11.7. The molecule has 0 aliphatic rings. The maximum absolute atomic E-state index is 11.7. The zero-order chi connectivity index (χ0) is 9.07. The second-order valence-electron chi connectivity index (χ2n) is 2.51. The Morgan fingerprint density at radius 1 is 1.45 bits per heavy atom. The van der Waals surface area contributed by atoms with Crippen LogP contribution in [0.4, 0.5) is 12.9 Å². The second kappa shape index (κ2) is 3.47. The zero-order valence-electron chi connectivity index (χ0n) is 6.31. The van der Waals surface area contributed by atoms with Crippen LogP contribution in [0.1, 0.15) is 13.8 Å². The minimum absolute atomic E-state index is 0.102. The van der Waals surface area contributed by atoms with Crippen molar-refractivity contribution < 1.29 is 12.9 Å². The molecule has 0 aromatic carbocycles. The van der Waals surface area contributed by atoms with Gasteiger partial charge >= 0.3 is 6.98 Å². The summed E-state index contributed by atoms with van der Waals surface area (Å²) in [5, 5.41) is 8.25. The molecule has 0 rings (SSSR count). The molecule has 0 saturated heterocycles. The Kier molecular flexibility index (Phi) is 3.18. The lowest BCUT2D eigenvalue weighted by molar-refractivity contribution is 0.497. The molecule has 0 bridgehead atoms. The minimum atomic E-state index is -4.97. The van der Waals surface area contributed by atoms with E-state index < -0.39 is 6.98 Å². The lowest BCUT2D eigenvalue weighted by Gasteiger charge is -2.10. The highest BCUT2D eigenvalue weighted by Gasteiger charge is 2.20. The van der Waals surface area contributed by atoms with Crippen LogP contribution in [-0.2, 0) is 0 Å². The van der Waals surface area contributed by atoms with Crippen molar-refractivity contribution in [3.8, 4) is 6.07 Å². The van der Waals surface area contributed by atoms with Gasteiger partial charge in [-0.3, -0.25) is 0 Å². The molecular formula is C6H8BF3N-. The number of hydrogen-bond donors (Lipinski definition) is 0. The number of allylic oxidation sites excluding steroid dienone is 1. The fourth-order valence-corrected chi connectivity index (χ4v) is 0.562. The first-order valence-corrected chi connectivity index (χ1v) is 3.19. The van der Waals surface area contributed by atoms with Gasteiger partial charge in [-0.2, -0.15) is 5.26 Å². The molecule has 0 aliphatic heterocycles. The average Bonchev–Trinajstić information content (AvgIpc) is 1.80. The number of nitrogens with zero attached hydrogens (tertiary/aromatic N) is 1. The molecule has 5 heteroatoms. The highest BCUT2D eigenvalue weighted by Crippen LogP contribution is 2.16. The molecule has 0 heterocycles. The summed E-state index contributed by atoms with van der Waals surface area (Å²) in [4.78, 5) is 0. The van der Waals surface area contributed by atoms with Gasteiger partial charge in [0.05, 0.1) is 6.07 Å². The molecule has 0 fully saturated rings. The van der Waals surface area contributed by atoms with E-state index in [0.717, 1.165) is 0 Å². The highest BCUT2D eigenvalue weighted by molar-refractivity contribution is 6.64. The Morgan fingerprint density at radius 3 is 2.00 bits per heavy atom. The summed E-state index contributed by atoms with van der Waals surface area (Å²) >= 11 is 0. The first-order chi connectivity index (χ1) is 4.87. The molecule has 62 valence electrons. The molecule has 0 spiro atoms. The Balaban J connectivity index is 4.53. The van der Waals surface area contributed by atoms with Gasteiger partial charge in [-0.1, -0.05) is 13.8 Å². The molecule has 0 aromatic heterocycles. The van der Waals surface area contributed by atoms with Crippen molar-refractivity contribution in [3.63, 3.8) is 0 Å². The quantitative estimate of drug-likeness (QED) is 0.451. The van der Waals surface area contributed by atoms with Gasteiger partial charge in [0.1, 0.15) is 0 Å². The SMILES string of the molecule is CC(C)/C(C#N)=C/[B-](F)(F)F. The van der Waals surface area contributed by atoms with Crippen molar-refractivity contribution in [3.05, 3.63) is 11.5 Å². The van der Waals surface area contributed by atoms with Crippen LogP contribution in [0.5, 0.6) is 0 Å². The largest absolute Gasteiger partial charge is 0.503 e. The summed E-state index contributed by atoms with van der Waals surface area (Å²) in [6.45, 7) is -1.86. The van der Waals surface area contributed by atoms with E-state index in [4.69, 9.17) is 5.26 Å². The van der Waals surface area contributed by atoms with Crippen molar-refractivity contribution >= 4 is 6.98 Å². The lowest BCUT2D eigenvalue weighted by Crippen LogP contribution is -2.12. The van der Waals surface area contributed by atoms with E-state index in [-0.39, 0.29) is 17.5 Å². The third-order valence-corrected chi connectivity index (χ3v) is 1.12. The number of rotatable bonds is 2. The second-order valence-corrected chi connectivity index (χ2v) is 2.51. The van der Waals surface area contributed by atoms with E-state index in [2.05, 4.69) is 0 Å². The van der Waals surface area contributed by atoms with Gasteiger partial charge in [-0.05, 0) is 11.5 Å². The van der Waals surface area contributed by atoms with E-state index in [1.54, 1.807) is 13.8 Å². The van der Waals surface area contributed by atoms with Crippen LogP contribution in [0.15, 0.2) is 11.5 Å². The summed E-state index contributed by atoms with van der Waals surface area (Å²) in [6, 6.07) is 1.51. The summed E-state index contributed by atoms with van der Waals surface area (Å²) in [5.41, 5.74) is -0.211. The number of hydrogen-bond acceptors (Lipinski definition) is 1. The van der Waals surface area contributed by atoms with E-state index in [1.165, 1.54) is 6.07 Å². The standard InChI is InChI=1S/C6H8BF3N/c1-5(2)6(4-11)3-7(8,9)10/h3,5H,1-2H3/q-1/b6-3+. The average molecular weight is 162 g/mol. The normalized spacial score (nSPS) is 13.4. The van der Waals surface area contributed by atoms with Crippen molar-refractivity contribution in [1.29, 1.82) is 5.26 Å². The predicted molar refractivity (Wildman–Crippen MR) is 37.6 cm³/mol. The monoisotopic (exact) mass is 162 g/mol. The first-order valence-electron chi connectivity index (χ1n) is 3.19. The van der Waals surface area contributed by atoms with Gasteiger partial charge in [0, 0.05) is 0 Å². The summed E-state index contributed by atoms with van der Waals surface area (Å²) in [5.74, 6) is -0.256. The Labute approximate surface area is 63.6 Å². The molecule has 0 saturated carbocycles. The van der Waals surface area contributed by atoms with Crippen LogP contribution in [-0.4, -0.2) is 6.98 Å². The van der Waals surface area contributed by atoms with Crippen LogP contribution >= 0.6 is 0 Å². The van der Waals surface area contributed by atoms with Crippen LogP contribution in [0.25, 0.3) is 0 Å². The lowest BCUT2D eigenvalue weighted by atomic mass is 9.85. The third kappa shape index (κ3) is 4.48. The van der Waals surface area contributed by atoms with Gasteiger partial charge in [0.2, 0.25) is 0 Å². The number of nitriles is 1. The Morgan fingerprint density at radius 2 is 1.91 bits per heavy atom. The number of halogens is 3. The fourth-order valence-electron chi connectivity index (χ4n) is 0.562. The third-order valence-electron chi connectivity index (χ3n) is 1.12. The maximum Gasteiger partial charge on any atom is 0.503 e. The molecule has 0 N–H and O–H groups in total. The molecule has 0 radical (unpaired) electrons. The van der Waals surface area contributed by atoms with Crippen LogP contribution in [0, 0.1) is 17.2 Å². The summed E-state index contributed by atoms with van der Waals surface area (Å²) in [6.07, 6.45) is 0. The van der Waals surface area contributed by atoms with Crippen LogP contribution in [0.2, 0.25) is 0 Å². The Bertz CT molecular complexity index is 199. The van der Waals surface area contributed by atoms with E-state index in [1.807, 2.05) is 0 Å². The van der Waals surface area contributed by atoms with Gasteiger partial charge in [0.15, 0.2) is 0 Å². The molecule has 0 amide bonds. The molecule has 0 unspecified atom stereocenters. The van der Waals surface area contributed by atoms with Crippen LogP contribution < -0.4 is 0 Å². The molecule has 11 heavy (non-hydrogen) atoms. The topological polar surface area (TPSA) is 23.8 Å². The summed E-state index contributed by atoms with van der Waals surface area (Å²) in [7, 11) is 0. The first kappa shape index (κ1) is 10.1. The molecule has 0 atom stereocenters. The minimum Gasteiger partial charge on any atom is -0.445 e. The molecule has 1 nitrogen and oxygen atoms in total. The van der Waals surface area contributed by atoms with Gasteiger partial charge in [-0.15, -0.1) is 5.98 Å². The zero-order valence-corrected chi connectivity index (χ0v) is 6.31.